The first-order chi connectivity index (χ1) is 26.7. The number of rotatable bonds is 10. The Kier molecular flexibility index (Phi) is 11.4. The zero-order chi connectivity index (χ0) is 38.3. The first-order valence-electron chi connectivity index (χ1n) is 17.6. The van der Waals surface area contributed by atoms with Crippen LogP contribution < -0.4 is 0 Å². The molecule has 0 aliphatic heterocycles. The molecule has 0 radical (unpaired) electrons. The minimum Gasteiger partial charge on any atom is -0.478 e. The second-order valence-corrected chi connectivity index (χ2v) is 14.0. The van der Waals surface area contributed by atoms with Gasteiger partial charge >= 0.3 is 11.9 Å². The summed E-state index contributed by atoms with van der Waals surface area (Å²) in [5.74, 6) is -1.35. The number of aromatic carboxylic acids is 1. The minimum absolute atomic E-state index is 0.236. The van der Waals surface area contributed by atoms with Crippen LogP contribution in [-0.4, -0.2) is 43.3 Å². The number of ether oxygens (including phenoxy) is 1. The highest BCUT2D eigenvalue weighted by Gasteiger charge is 2.15. The predicted molar refractivity (Wildman–Crippen MR) is 217 cm³/mol. The molecule has 55 heavy (non-hydrogen) atoms. The lowest BCUT2D eigenvalue weighted by Gasteiger charge is -2.10. The number of carboxylic acids is 1. The molecule has 0 unspecified atom stereocenters. The van der Waals surface area contributed by atoms with Crippen molar-refractivity contribution in [2.45, 2.75) is 25.9 Å². The molecule has 0 atom stereocenters. The lowest BCUT2D eigenvalue weighted by Crippen LogP contribution is -2.06. The van der Waals surface area contributed by atoms with E-state index in [1.54, 1.807) is 24.3 Å². The topological polar surface area (TPSA) is 99.2 Å². The van der Waals surface area contributed by atoms with E-state index >= 15 is 0 Å². The highest BCUT2D eigenvalue weighted by atomic mass is 35.5. The minimum atomic E-state index is -0.970. The molecule has 2 heterocycles. The third-order valence-corrected chi connectivity index (χ3v) is 9.80. The van der Waals surface area contributed by atoms with E-state index in [9.17, 15) is 14.7 Å². The largest absolute Gasteiger partial charge is 0.478 e. The summed E-state index contributed by atoms with van der Waals surface area (Å²) >= 11 is 12.0. The Morgan fingerprint density at radius 1 is 0.582 bits per heavy atom. The molecular weight excluding hydrogens is 731 g/mol. The Balaban J connectivity index is 0.000000169. The van der Waals surface area contributed by atoms with Gasteiger partial charge in [-0.25, -0.2) is 19.6 Å². The van der Waals surface area contributed by atoms with Gasteiger partial charge in [0.15, 0.2) is 0 Å². The normalized spacial score (nSPS) is 11.0. The van der Waals surface area contributed by atoms with Gasteiger partial charge in [-0.15, -0.1) is 0 Å². The number of esters is 1. The summed E-state index contributed by atoms with van der Waals surface area (Å²) in [6.45, 7) is 1.50. The molecule has 0 fully saturated rings. The molecule has 2 aromatic heterocycles. The van der Waals surface area contributed by atoms with Gasteiger partial charge in [0, 0.05) is 23.1 Å². The van der Waals surface area contributed by atoms with Crippen molar-refractivity contribution in [3.8, 4) is 0 Å². The molecule has 0 bridgehead atoms. The molecular formula is C45H36Cl2N4O4. The van der Waals surface area contributed by atoms with Crippen molar-refractivity contribution in [1.29, 1.82) is 0 Å². The Morgan fingerprint density at radius 3 is 1.49 bits per heavy atom. The summed E-state index contributed by atoms with van der Waals surface area (Å²) in [5.41, 5.74) is 10.9. The van der Waals surface area contributed by atoms with Gasteiger partial charge < -0.3 is 19.0 Å². The van der Waals surface area contributed by atoms with E-state index in [0.29, 0.717) is 28.5 Å². The van der Waals surface area contributed by atoms with E-state index in [4.69, 9.17) is 27.9 Å². The van der Waals surface area contributed by atoms with Crippen molar-refractivity contribution >= 4 is 57.2 Å². The molecule has 8 aromatic rings. The van der Waals surface area contributed by atoms with E-state index in [2.05, 4.69) is 55.5 Å². The molecule has 6 aromatic carbocycles. The fraction of sp³-hybridized carbons (Fsp3) is 0.111. The number of methoxy groups -OCH3 is 1. The third-order valence-electron chi connectivity index (χ3n) is 9.33. The Morgan fingerprint density at radius 2 is 1.04 bits per heavy atom. The molecule has 10 heteroatoms. The quantitative estimate of drug-likeness (QED) is 0.139. The number of carbonyl (C=O) groups is 2. The molecule has 0 saturated carbocycles. The number of benzene rings is 6. The number of carbonyl (C=O) groups excluding carboxylic acids is 1. The van der Waals surface area contributed by atoms with Gasteiger partial charge in [-0.1, -0.05) is 108 Å². The van der Waals surface area contributed by atoms with Crippen LogP contribution >= 0.6 is 23.2 Å². The number of imidazole rings is 2. The monoisotopic (exact) mass is 766 g/mol. The average Bonchev–Trinajstić information content (AvgIpc) is 3.79. The molecule has 0 aliphatic carbocycles. The van der Waals surface area contributed by atoms with Gasteiger partial charge in [-0.2, -0.15) is 0 Å². The van der Waals surface area contributed by atoms with Crippen LogP contribution in [0.5, 0.6) is 0 Å². The number of hydrogen-bond acceptors (Lipinski definition) is 5. The van der Waals surface area contributed by atoms with Gasteiger partial charge in [0.1, 0.15) is 0 Å². The van der Waals surface area contributed by atoms with Crippen LogP contribution in [0.4, 0.5) is 0 Å². The summed E-state index contributed by atoms with van der Waals surface area (Å²) in [7, 11) is 1.38. The Hall–Kier alpha value is -6.22. The van der Waals surface area contributed by atoms with Crippen LogP contribution in [0.3, 0.4) is 0 Å². The van der Waals surface area contributed by atoms with E-state index in [0.717, 1.165) is 57.4 Å². The van der Waals surface area contributed by atoms with Crippen LogP contribution in [-0.2, 0) is 30.7 Å². The predicted octanol–water partition coefficient (Wildman–Crippen LogP) is 10.1. The fourth-order valence-electron chi connectivity index (χ4n) is 6.58. The zero-order valence-corrected chi connectivity index (χ0v) is 31.4. The lowest BCUT2D eigenvalue weighted by atomic mass is 9.99. The van der Waals surface area contributed by atoms with Crippen molar-refractivity contribution in [2.24, 2.45) is 0 Å². The fourth-order valence-corrected chi connectivity index (χ4v) is 6.93. The van der Waals surface area contributed by atoms with Gasteiger partial charge in [-0.3, -0.25) is 0 Å². The van der Waals surface area contributed by atoms with Crippen LogP contribution in [0.15, 0.2) is 146 Å². The van der Waals surface area contributed by atoms with Crippen LogP contribution in [0.2, 0.25) is 10.0 Å². The number of aromatic nitrogens is 4. The number of nitrogens with zero attached hydrogens (tertiary/aromatic N) is 4. The molecule has 1 N–H and O–H groups in total. The standard InChI is InChI=1S/C23H19ClN2O2.C22H17ClN2O2/c1-28-23(27)20-13-19(24)9-8-18(20)11-17-7-10-21-22(12-17)26(15-25-21)14-16-5-3-2-4-6-16;23-18-8-7-17(19(12-18)22(26)27)10-16-6-9-20-21(11-16)25(14-24-20)13-15-4-2-1-3-5-15/h2-10,12-13,15H,11,14H2,1H3;1-9,11-12,14H,10,13H2,(H,26,27). The summed E-state index contributed by atoms with van der Waals surface area (Å²) in [4.78, 5) is 32.6. The van der Waals surface area contributed by atoms with Gasteiger partial charge in [0.05, 0.1) is 53.0 Å². The van der Waals surface area contributed by atoms with E-state index in [-0.39, 0.29) is 11.5 Å². The highest BCUT2D eigenvalue weighted by molar-refractivity contribution is 6.31. The van der Waals surface area contributed by atoms with Crippen molar-refractivity contribution in [2.75, 3.05) is 7.11 Å². The van der Waals surface area contributed by atoms with Crippen molar-refractivity contribution in [3.63, 3.8) is 0 Å². The molecule has 0 amide bonds. The zero-order valence-electron chi connectivity index (χ0n) is 29.9. The first-order valence-corrected chi connectivity index (χ1v) is 18.3. The third kappa shape index (κ3) is 8.95. The molecule has 8 nitrogen and oxygen atoms in total. The van der Waals surface area contributed by atoms with Crippen molar-refractivity contribution in [3.05, 3.63) is 201 Å². The van der Waals surface area contributed by atoms with Crippen molar-refractivity contribution in [1.82, 2.24) is 19.1 Å². The van der Waals surface area contributed by atoms with Gasteiger partial charge in [0.2, 0.25) is 0 Å². The number of halogens is 2. The van der Waals surface area contributed by atoms with Crippen LogP contribution in [0.1, 0.15) is 54.1 Å². The first kappa shape index (κ1) is 37.1. The summed E-state index contributed by atoms with van der Waals surface area (Å²) in [6, 6.07) is 43.0. The maximum Gasteiger partial charge on any atom is 0.338 e. The summed E-state index contributed by atoms with van der Waals surface area (Å²) in [6.07, 6.45) is 4.83. The van der Waals surface area contributed by atoms with Crippen LogP contribution in [0.25, 0.3) is 22.1 Å². The highest BCUT2D eigenvalue weighted by Crippen LogP contribution is 2.25. The molecule has 0 aliphatic rings. The molecule has 0 saturated heterocycles. The number of hydrogen-bond donors (Lipinski definition) is 1. The number of fused-ring (bicyclic) bond motifs is 2. The van der Waals surface area contributed by atoms with Crippen molar-refractivity contribution < 1.29 is 19.4 Å². The van der Waals surface area contributed by atoms with E-state index < -0.39 is 5.97 Å². The smallest absolute Gasteiger partial charge is 0.338 e. The Labute approximate surface area is 328 Å². The summed E-state index contributed by atoms with van der Waals surface area (Å²) in [5, 5.41) is 10.4. The SMILES string of the molecule is COC(=O)c1cc(Cl)ccc1Cc1ccc2ncn(Cc3ccccc3)c2c1.O=C(O)c1cc(Cl)ccc1Cc1ccc2ncn(Cc3ccccc3)c2c1. The lowest BCUT2D eigenvalue weighted by molar-refractivity contribution is 0.0598. The second kappa shape index (κ2) is 16.8. The second-order valence-electron chi connectivity index (χ2n) is 13.1. The molecule has 274 valence electrons. The number of carboxylic acid groups (broad SMARTS) is 1. The molecule has 8 rings (SSSR count). The van der Waals surface area contributed by atoms with Crippen LogP contribution in [0, 0.1) is 0 Å². The maximum atomic E-state index is 12.1. The maximum absolute atomic E-state index is 12.1. The van der Waals surface area contributed by atoms with E-state index in [1.165, 1.54) is 24.3 Å². The van der Waals surface area contributed by atoms with Gasteiger partial charge in [0.25, 0.3) is 0 Å². The summed E-state index contributed by atoms with van der Waals surface area (Å²) < 4.78 is 9.14. The van der Waals surface area contributed by atoms with Gasteiger partial charge in [-0.05, 0) is 94.8 Å². The average molecular weight is 768 g/mol. The van der Waals surface area contributed by atoms with E-state index in [1.807, 2.05) is 79.4 Å². The Bertz CT molecular complexity index is 2620. The molecule has 0 spiro atoms.